The minimum atomic E-state index is -3.77. The highest BCUT2D eigenvalue weighted by Crippen LogP contribution is 2.26. The van der Waals surface area contributed by atoms with Crippen LogP contribution in [0.2, 0.25) is 0 Å². The van der Waals surface area contributed by atoms with E-state index >= 15 is 0 Å². The fraction of sp³-hybridized carbons (Fsp3) is 0.333. The summed E-state index contributed by atoms with van der Waals surface area (Å²) in [5.41, 5.74) is 2.86. The van der Waals surface area contributed by atoms with Crippen LogP contribution < -0.4 is 14.9 Å². The minimum Gasteiger partial charge on any atom is -0.369 e. The Morgan fingerprint density at radius 1 is 1.07 bits per heavy atom. The van der Waals surface area contributed by atoms with Crippen molar-refractivity contribution < 1.29 is 18.0 Å². The van der Waals surface area contributed by atoms with E-state index in [9.17, 15) is 18.0 Å². The molecule has 0 aliphatic carbocycles. The molecule has 0 fully saturated rings. The molecule has 1 heterocycles. The molecule has 2 N–H and O–H groups in total. The molecule has 8 heteroatoms. The van der Waals surface area contributed by atoms with Gasteiger partial charge in [-0.05, 0) is 37.1 Å². The van der Waals surface area contributed by atoms with E-state index in [2.05, 4.69) is 27.1 Å². The van der Waals surface area contributed by atoms with Crippen molar-refractivity contribution in [2.24, 2.45) is 0 Å². The van der Waals surface area contributed by atoms with Gasteiger partial charge in [0.05, 0.1) is 4.90 Å². The predicted molar refractivity (Wildman–Crippen MR) is 112 cm³/mol. The van der Waals surface area contributed by atoms with E-state index in [-0.39, 0.29) is 29.6 Å². The normalized spacial score (nSPS) is 13.2. The van der Waals surface area contributed by atoms with Crippen molar-refractivity contribution in [1.82, 2.24) is 10.0 Å². The van der Waals surface area contributed by atoms with Gasteiger partial charge in [0.15, 0.2) is 5.78 Å². The second-order valence-corrected chi connectivity index (χ2v) is 8.71. The van der Waals surface area contributed by atoms with Crippen LogP contribution in [0.4, 0.5) is 5.69 Å². The lowest BCUT2D eigenvalue weighted by Crippen LogP contribution is -2.36. The van der Waals surface area contributed by atoms with Gasteiger partial charge in [-0.25, -0.2) is 13.1 Å². The summed E-state index contributed by atoms with van der Waals surface area (Å²) in [6, 6.07) is 14.1. The van der Waals surface area contributed by atoms with Crippen LogP contribution in [-0.4, -0.2) is 46.3 Å². The molecule has 1 aliphatic rings. The molecule has 29 heavy (non-hydrogen) atoms. The molecule has 0 saturated heterocycles. The lowest BCUT2D eigenvalue weighted by Gasteiger charge is -2.19. The quantitative estimate of drug-likeness (QED) is 0.608. The van der Waals surface area contributed by atoms with Crippen molar-refractivity contribution in [3.63, 3.8) is 0 Å². The number of fused-ring (bicyclic) bond motifs is 1. The van der Waals surface area contributed by atoms with E-state index in [1.165, 1.54) is 36.4 Å². The first-order valence-corrected chi connectivity index (χ1v) is 11.1. The summed E-state index contributed by atoms with van der Waals surface area (Å²) < 4.78 is 27.1. The molecule has 3 rings (SSSR count). The Hall–Kier alpha value is -2.71. The SMILES string of the molecule is CC(=O)c1cccc(S(=O)(=O)NCCC(=O)NCCN2CCc3ccccc32)c1. The van der Waals surface area contributed by atoms with Crippen molar-refractivity contribution in [2.45, 2.75) is 24.7 Å². The summed E-state index contributed by atoms with van der Waals surface area (Å²) in [6.45, 7) is 3.52. The molecular formula is C21H25N3O4S. The monoisotopic (exact) mass is 415 g/mol. The fourth-order valence-electron chi connectivity index (χ4n) is 3.32. The van der Waals surface area contributed by atoms with Crippen LogP contribution in [0.15, 0.2) is 53.4 Å². The average Bonchev–Trinajstić information content (AvgIpc) is 3.11. The molecule has 154 valence electrons. The van der Waals surface area contributed by atoms with Gasteiger partial charge in [-0.3, -0.25) is 9.59 Å². The Labute approximate surface area is 171 Å². The summed E-state index contributed by atoms with van der Waals surface area (Å²) in [6.07, 6.45) is 1.05. The summed E-state index contributed by atoms with van der Waals surface area (Å²) in [5, 5.41) is 2.83. The van der Waals surface area contributed by atoms with Crippen LogP contribution in [0.25, 0.3) is 0 Å². The minimum absolute atomic E-state index is 0.00892. The van der Waals surface area contributed by atoms with Crippen molar-refractivity contribution >= 4 is 27.4 Å². The fourth-order valence-corrected chi connectivity index (χ4v) is 4.40. The van der Waals surface area contributed by atoms with Gasteiger partial charge in [0, 0.05) is 43.9 Å². The van der Waals surface area contributed by atoms with Crippen molar-refractivity contribution in [3.05, 3.63) is 59.7 Å². The zero-order valence-electron chi connectivity index (χ0n) is 16.3. The molecule has 1 aliphatic heterocycles. The zero-order valence-corrected chi connectivity index (χ0v) is 17.2. The van der Waals surface area contributed by atoms with Crippen molar-refractivity contribution in [1.29, 1.82) is 0 Å². The van der Waals surface area contributed by atoms with Gasteiger partial charge < -0.3 is 10.2 Å². The average molecular weight is 416 g/mol. The first kappa shape index (κ1) is 21.0. The molecule has 0 radical (unpaired) electrons. The van der Waals surface area contributed by atoms with Gasteiger partial charge in [0.2, 0.25) is 15.9 Å². The van der Waals surface area contributed by atoms with Gasteiger partial charge >= 0.3 is 0 Å². The second kappa shape index (κ2) is 9.19. The molecule has 7 nitrogen and oxygen atoms in total. The lowest BCUT2D eigenvalue weighted by atomic mass is 10.2. The molecule has 0 aromatic heterocycles. The lowest BCUT2D eigenvalue weighted by molar-refractivity contribution is -0.120. The number of amides is 1. The van der Waals surface area contributed by atoms with Crippen LogP contribution in [0.5, 0.6) is 0 Å². The number of hydrogen-bond acceptors (Lipinski definition) is 5. The highest BCUT2D eigenvalue weighted by Gasteiger charge is 2.18. The van der Waals surface area contributed by atoms with E-state index in [0.29, 0.717) is 18.7 Å². The summed E-state index contributed by atoms with van der Waals surface area (Å²) >= 11 is 0. The number of nitrogens with zero attached hydrogens (tertiary/aromatic N) is 1. The molecule has 0 saturated carbocycles. The Bertz CT molecular complexity index is 1000. The first-order valence-electron chi connectivity index (χ1n) is 9.57. The Balaban J connectivity index is 1.42. The third-order valence-electron chi connectivity index (χ3n) is 4.88. The van der Waals surface area contributed by atoms with Gasteiger partial charge in [-0.2, -0.15) is 0 Å². The highest BCUT2D eigenvalue weighted by atomic mass is 32.2. The van der Waals surface area contributed by atoms with Gasteiger partial charge in [-0.1, -0.05) is 30.3 Å². The molecular weight excluding hydrogens is 390 g/mol. The largest absolute Gasteiger partial charge is 0.369 e. The number of anilines is 1. The number of sulfonamides is 1. The molecule has 2 aromatic carbocycles. The smallest absolute Gasteiger partial charge is 0.240 e. The third-order valence-corrected chi connectivity index (χ3v) is 6.34. The molecule has 2 aromatic rings. The second-order valence-electron chi connectivity index (χ2n) is 6.95. The van der Waals surface area contributed by atoms with Crippen LogP contribution in [0, 0.1) is 0 Å². The maximum Gasteiger partial charge on any atom is 0.240 e. The summed E-state index contributed by atoms with van der Waals surface area (Å²) in [7, 11) is -3.77. The van der Waals surface area contributed by atoms with Gasteiger partial charge in [0.1, 0.15) is 0 Å². The highest BCUT2D eigenvalue weighted by molar-refractivity contribution is 7.89. The zero-order chi connectivity index (χ0) is 20.9. The van der Waals surface area contributed by atoms with E-state index in [4.69, 9.17) is 0 Å². The number of nitrogens with one attached hydrogen (secondary N) is 2. The number of Topliss-reactive ketones (excluding diaryl/α,β-unsaturated/α-hetero) is 1. The predicted octanol–water partition coefficient (Wildman–Crippen LogP) is 1.74. The molecule has 0 atom stereocenters. The maximum atomic E-state index is 12.3. The number of ketones is 1. The van der Waals surface area contributed by atoms with E-state index in [1.54, 1.807) is 6.07 Å². The van der Waals surface area contributed by atoms with E-state index in [1.807, 2.05) is 12.1 Å². The number of hydrogen-bond donors (Lipinski definition) is 2. The van der Waals surface area contributed by atoms with Crippen molar-refractivity contribution in [2.75, 3.05) is 31.1 Å². The Kier molecular flexibility index (Phi) is 6.66. The maximum absolute atomic E-state index is 12.3. The molecule has 0 bridgehead atoms. The Morgan fingerprint density at radius 2 is 1.86 bits per heavy atom. The van der Waals surface area contributed by atoms with Crippen LogP contribution in [0.3, 0.4) is 0 Å². The van der Waals surface area contributed by atoms with Crippen LogP contribution in [0.1, 0.15) is 29.3 Å². The van der Waals surface area contributed by atoms with Crippen LogP contribution >= 0.6 is 0 Å². The van der Waals surface area contributed by atoms with Crippen molar-refractivity contribution in [3.8, 4) is 0 Å². The summed E-state index contributed by atoms with van der Waals surface area (Å²) in [5.74, 6) is -0.417. The Morgan fingerprint density at radius 3 is 2.66 bits per heavy atom. The number of para-hydroxylation sites is 1. The molecule has 0 unspecified atom stereocenters. The third kappa shape index (κ3) is 5.42. The number of benzene rings is 2. The van der Waals surface area contributed by atoms with Gasteiger partial charge in [0.25, 0.3) is 0 Å². The topological polar surface area (TPSA) is 95.6 Å². The molecule has 1 amide bonds. The standard InChI is InChI=1S/C21H25N3O4S/c1-16(25)18-6-4-7-19(15-18)29(27,28)23-11-9-21(26)22-12-14-24-13-10-17-5-2-3-8-20(17)24/h2-8,15,23H,9-14H2,1H3,(H,22,26). The first-order chi connectivity index (χ1) is 13.9. The summed E-state index contributed by atoms with van der Waals surface area (Å²) in [4.78, 5) is 25.7. The van der Waals surface area contributed by atoms with E-state index in [0.717, 1.165) is 13.0 Å². The molecule has 0 spiro atoms. The van der Waals surface area contributed by atoms with Gasteiger partial charge in [-0.15, -0.1) is 0 Å². The van der Waals surface area contributed by atoms with E-state index < -0.39 is 10.0 Å². The number of carbonyl (C=O) groups is 2. The van der Waals surface area contributed by atoms with Crippen LogP contribution in [-0.2, 0) is 21.2 Å². The number of rotatable bonds is 9. The number of carbonyl (C=O) groups excluding carboxylic acids is 2.